The van der Waals surface area contributed by atoms with Crippen LogP contribution in [0.4, 0.5) is 5.69 Å². The van der Waals surface area contributed by atoms with E-state index >= 15 is 0 Å². The van der Waals surface area contributed by atoms with E-state index in [0.29, 0.717) is 22.6 Å². The number of rotatable bonds is 4. The third-order valence-corrected chi connectivity index (χ3v) is 6.49. The van der Waals surface area contributed by atoms with Crippen molar-refractivity contribution < 1.29 is 8.42 Å². The largest absolute Gasteiger partial charge is 0.399 e. The smallest absolute Gasteiger partial charge is 0.208 e. The average molecular weight is 397 g/mol. The molecule has 0 spiro atoms. The molecule has 2 N–H and O–H groups in total. The molecule has 0 saturated heterocycles. The van der Waals surface area contributed by atoms with Gasteiger partial charge in [0.05, 0.1) is 9.79 Å². The molecule has 3 aromatic carbocycles. The Labute approximate surface area is 162 Å². The molecule has 0 aliphatic carbocycles. The number of fused-ring (bicyclic) bond motifs is 1. The van der Waals surface area contributed by atoms with Crippen LogP contribution in [-0.4, -0.2) is 13.0 Å². The minimum atomic E-state index is -3.67. The van der Waals surface area contributed by atoms with Crippen LogP contribution in [0.3, 0.4) is 0 Å². The molecule has 0 fully saturated rings. The maximum atomic E-state index is 13.2. The molecule has 136 valence electrons. The van der Waals surface area contributed by atoms with Crippen LogP contribution in [0.25, 0.3) is 10.9 Å². The van der Waals surface area contributed by atoms with E-state index in [1.54, 1.807) is 48.7 Å². The Bertz CT molecular complexity index is 1230. The van der Waals surface area contributed by atoms with Crippen molar-refractivity contribution in [3.63, 3.8) is 0 Å². The van der Waals surface area contributed by atoms with Crippen LogP contribution in [0.1, 0.15) is 5.56 Å². The Morgan fingerprint density at radius 1 is 0.926 bits per heavy atom. The van der Waals surface area contributed by atoms with Crippen molar-refractivity contribution in [3.05, 3.63) is 89.6 Å². The Morgan fingerprint density at radius 2 is 1.70 bits per heavy atom. The summed E-state index contributed by atoms with van der Waals surface area (Å²) in [5.74, 6) is 0. The maximum absolute atomic E-state index is 13.2. The lowest BCUT2D eigenvalue weighted by Crippen LogP contribution is -2.02. The standard InChI is InChI=1S/C21H17ClN2O2S/c22-16-9-10-20-19(12-16)21(27(25,26)18-7-2-1-3-8-18)14-24(20)13-15-5-4-6-17(23)11-15/h1-12,14H,13,23H2. The highest BCUT2D eigenvalue weighted by molar-refractivity contribution is 7.91. The van der Waals surface area contributed by atoms with Gasteiger partial charge in [-0.3, -0.25) is 0 Å². The van der Waals surface area contributed by atoms with Gasteiger partial charge in [0.1, 0.15) is 0 Å². The number of halogens is 1. The first-order chi connectivity index (χ1) is 12.9. The second-order valence-electron chi connectivity index (χ2n) is 6.34. The lowest BCUT2D eigenvalue weighted by Gasteiger charge is -2.06. The molecule has 0 radical (unpaired) electrons. The second kappa shape index (κ2) is 6.76. The molecule has 4 aromatic rings. The summed E-state index contributed by atoms with van der Waals surface area (Å²) < 4.78 is 28.3. The van der Waals surface area contributed by atoms with Crippen molar-refractivity contribution in [2.45, 2.75) is 16.3 Å². The molecule has 27 heavy (non-hydrogen) atoms. The van der Waals surface area contributed by atoms with Gasteiger partial charge in [0.25, 0.3) is 0 Å². The van der Waals surface area contributed by atoms with Crippen molar-refractivity contribution in [2.75, 3.05) is 5.73 Å². The number of nitrogens with zero attached hydrogens (tertiary/aromatic N) is 1. The Balaban J connectivity index is 1.90. The molecule has 4 rings (SSSR count). The topological polar surface area (TPSA) is 65.1 Å². The van der Waals surface area contributed by atoms with Gasteiger partial charge in [0.2, 0.25) is 9.84 Å². The van der Waals surface area contributed by atoms with Crippen molar-refractivity contribution in [1.82, 2.24) is 4.57 Å². The average Bonchev–Trinajstić information content (AvgIpc) is 3.01. The quantitative estimate of drug-likeness (QED) is 0.506. The van der Waals surface area contributed by atoms with E-state index in [4.69, 9.17) is 17.3 Å². The first-order valence-electron chi connectivity index (χ1n) is 8.38. The third kappa shape index (κ3) is 3.31. The third-order valence-electron chi connectivity index (χ3n) is 4.45. The van der Waals surface area contributed by atoms with Gasteiger partial charge in [0.15, 0.2) is 0 Å². The van der Waals surface area contributed by atoms with Gasteiger partial charge in [-0.15, -0.1) is 0 Å². The van der Waals surface area contributed by atoms with Crippen LogP contribution >= 0.6 is 11.6 Å². The zero-order valence-corrected chi connectivity index (χ0v) is 15.9. The van der Waals surface area contributed by atoms with Gasteiger partial charge >= 0.3 is 0 Å². The molecule has 4 nitrogen and oxygen atoms in total. The molecule has 0 atom stereocenters. The van der Waals surface area contributed by atoms with Gasteiger partial charge in [-0.05, 0) is 48.0 Å². The van der Waals surface area contributed by atoms with Gasteiger partial charge in [0, 0.05) is 34.4 Å². The monoisotopic (exact) mass is 396 g/mol. The number of aromatic nitrogens is 1. The van der Waals surface area contributed by atoms with Crippen LogP contribution in [0.5, 0.6) is 0 Å². The molecular formula is C21H17ClN2O2S. The van der Waals surface area contributed by atoms with E-state index in [-0.39, 0.29) is 9.79 Å². The molecule has 0 bridgehead atoms. The van der Waals surface area contributed by atoms with Gasteiger partial charge in [-0.2, -0.15) is 0 Å². The molecule has 0 saturated carbocycles. The Hall–Kier alpha value is -2.76. The number of anilines is 1. The number of hydrogen-bond acceptors (Lipinski definition) is 3. The van der Waals surface area contributed by atoms with E-state index in [2.05, 4.69) is 0 Å². The van der Waals surface area contributed by atoms with Gasteiger partial charge in [-0.1, -0.05) is 41.9 Å². The maximum Gasteiger partial charge on any atom is 0.208 e. The minimum absolute atomic E-state index is 0.245. The molecule has 0 amide bonds. The summed E-state index contributed by atoms with van der Waals surface area (Å²) in [5.41, 5.74) is 8.34. The van der Waals surface area contributed by atoms with Crippen molar-refractivity contribution in [2.24, 2.45) is 0 Å². The lowest BCUT2D eigenvalue weighted by atomic mass is 10.2. The number of hydrogen-bond donors (Lipinski definition) is 1. The highest BCUT2D eigenvalue weighted by atomic mass is 35.5. The van der Waals surface area contributed by atoms with Gasteiger partial charge in [-0.25, -0.2) is 8.42 Å². The molecule has 1 heterocycles. The highest BCUT2D eigenvalue weighted by Crippen LogP contribution is 2.32. The van der Waals surface area contributed by atoms with E-state index < -0.39 is 9.84 Å². The molecule has 1 aromatic heterocycles. The minimum Gasteiger partial charge on any atom is -0.399 e. The summed E-state index contributed by atoms with van der Waals surface area (Å²) in [5, 5.41) is 1.10. The van der Waals surface area contributed by atoms with E-state index in [1.165, 1.54) is 0 Å². The van der Waals surface area contributed by atoms with E-state index in [1.807, 2.05) is 34.9 Å². The Kier molecular flexibility index (Phi) is 4.42. The summed E-state index contributed by atoms with van der Waals surface area (Å²) in [6, 6.07) is 21.3. The zero-order chi connectivity index (χ0) is 19.0. The summed E-state index contributed by atoms with van der Waals surface area (Å²) >= 11 is 6.16. The number of nitrogens with two attached hydrogens (primary N) is 1. The SMILES string of the molecule is Nc1cccc(Cn2cc(S(=O)(=O)c3ccccc3)c3cc(Cl)ccc32)c1. The molecule has 0 aliphatic rings. The first-order valence-corrected chi connectivity index (χ1v) is 10.2. The summed E-state index contributed by atoms with van der Waals surface area (Å²) in [6.07, 6.45) is 1.67. The number of nitrogen functional groups attached to an aromatic ring is 1. The van der Waals surface area contributed by atoms with Crippen LogP contribution in [0.2, 0.25) is 5.02 Å². The fourth-order valence-corrected chi connectivity index (χ4v) is 4.86. The van der Waals surface area contributed by atoms with Gasteiger partial charge < -0.3 is 10.3 Å². The summed E-state index contributed by atoms with van der Waals surface area (Å²) in [6.45, 7) is 0.507. The predicted octanol–water partition coefficient (Wildman–Crippen LogP) is 4.76. The highest BCUT2D eigenvalue weighted by Gasteiger charge is 2.23. The Morgan fingerprint density at radius 3 is 2.44 bits per heavy atom. The van der Waals surface area contributed by atoms with Crippen LogP contribution in [0.15, 0.2) is 88.8 Å². The van der Waals surface area contributed by atoms with Crippen molar-refractivity contribution in [1.29, 1.82) is 0 Å². The van der Waals surface area contributed by atoms with Crippen LogP contribution in [-0.2, 0) is 16.4 Å². The molecule has 0 unspecified atom stereocenters. The molecular weight excluding hydrogens is 380 g/mol. The van der Waals surface area contributed by atoms with Crippen LogP contribution in [0, 0.1) is 0 Å². The fourth-order valence-electron chi connectivity index (χ4n) is 3.20. The van der Waals surface area contributed by atoms with E-state index in [0.717, 1.165) is 11.1 Å². The number of benzene rings is 3. The van der Waals surface area contributed by atoms with E-state index in [9.17, 15) is 8.42 Å². The fraction of sp³-hybridized carbons (Fsp3) is 0.0476. The molecule has 0 aliphatic heterocycles. The number of sulfone groups is 1. The van der Waals surface area contributed by atoms with Crippen molar-refractivity contribution >= 4 is 38.0 Å². The van der Waals surface area contributed by atoms with Crippen LogP contribution < -0.4 is 5.73 Å². The predicted molar refractivity (Wildman–Crippen MR) is 109 cm³/mol. The first kappa shape index (κ1) is 17.6. The zero-order valence-electron chi connectivity index (χ0n) is 14.3. The van der Waals surface area contributed by atoms with Crippen molar-refractivity contribution in [3.8, 4) is 0 Å². The lowest BCUT2D eigenvalue weighted by molar-refractivity contribution is 0.596. The normalized spacial score (nSPS) is 11.7. The molecule has 6 heteroatoms. The summed E-state index contributed by atoms with van der Waals surface area (Å²) in [4.78, 5) is 0.503. The summed E-state index contributed by atoms with van der Waals surface area (Å²) in [7, 11) is -3.67. The second-order valence-corrected chi connectivity index (χ2v) is 8.70.